The fourth-order valence-electron chi connectivity index (χ4n) is 3.52. The lowest BCUT2D eigenvalue weighted by molar-refractivity contribution is 0.0697. The van der Waals surface area contributed by atoms with Gasteiger partial charge in [0.1, 0.15) is 9.77 Å². The lowest BCUT2D eigenvalue weighted by atomic mass is 9.94. The van der Waals surface area contributed by atoms with E-state index in [9.17, 15) is 13.2 Å². The van der Waals surface area contributed by atoms with Crippen LogP contribution in [-0.2, 0) is 10.0 Å². The zero-order chi connectivity index (χ0) is 16.4. The molecule has 0 N–H and O–H groups in total. The minimum Gasteiger partial charge on any atom is -0.338 e. The number of hydrogen-bond donors (Lipinski definition) is 0. The van der Waals surface area contributed by atoms with Crippen LogP contribution in [0.3, 0.4) is 0 Å². The van der Waals surface area contributed by atoms with Crippen LogP contribution < -0.4 is 0 Å². The third-order valence-corrected chi connectivity index (χ3v) is 7.92. The summed E-state index contributed by atoms with van der Waals surface area (Å²) in [4.78, 5) is 15.2. The Morgan fingerprint density at radius 3 is 2.48 bits per heavy atom. The molecule has 2 aliphatic rings. The highest BCUT2D eigenvalue weighted by Gasteiger charge is 2.33. The highest BCUT2D eigenvalue weighted by atomic mass is 32.2. The van der Waals surface area contributed by atoms with E-state index in [2.05, 4.69) is 0 Å². The maximum atomic E-state index is 12.8. The molecular formula is C16H24N2O3S2. The maximum absolute atomic E-state index is 12.8. The van der Waals surface area contributed by atoms with Gasteiger partial charge in [0, 0.05) is 26.2 Å². The third kappa shape index (κ3) is 3.32. The molecule has 2 fully saturated rings. The summed E-state index contributed by atoms with van der Waals surface area (Å²) < 4.78 is 27.1. The van der Waals surface area contributed by atoms with Crippen molar-refractivity contribution in [1.82, 2.24) is 9.21 Å². The molecule has 0 spiro atoms. The fourth-order valence-corrected chi connectivity index (χ4v) is 6.41. The Morgan fingerprint density at radius 2 is 1.83 bits per heavy atom. The first-order chi connectivity index (χ1) is 11.0. The number of amides is 1. The van der Waals surface area contributed by atoms with Crippen molar-refractivity contribution in [3.8, 4) is 0 Å². The van der Waals surface area contributed by atoms with Gasteiger partial charge in [0.25, 0.3) is 5.91 Å². The SMILES string of the molecule is CN(C(=O)c1sccc1S(=O)(=O)N1CCCC1)C1CCCCC1. The van der Waals surface area contributed by atoms with E-state index in [-0.39, 0.29) is 16.8 Å². The second-order valence-corrected chi connectivity index (χ2v) is 9.26. The van der Waals surface area contributed by atoms with Gasteiger partial charge in [0.05, 0.1) is 0 Å². The molecule has 0 aromatic carbocycles. The van der Waals surface area contributed by atoms with Crippen molar-refractivity contribution in [3.63, 3.8) is 0 Å². The van der Waals surface area contributed by atoms with E-state index in [4.69, 9.17) is 0 Å². The third-order valence-electron chi connectivity index (χ3n) is 4.95. The molecule has 1 aromatic rings. The number of carbonyl (C=O) groups excluding carboxylic acids is 1. The van der Waals surface area contributed by atoms with Crippen molar-refractivity contribution in [2.75, 3.05) is 20.1 Å². The summed E-state index contributed by atoms with van der Waals surface area (Å²) in [5.41, 5.74) is 0. The number of thiophene rings is 1. The van der Waals surface area contributed by atoms with E-state index in [0.717, 1.165) is 38.5 Å². The van der Waals surface area contributed by atoms with Gasteiger partial charge in [-0.25, -0.2) is 8.42 Å². The maximum Gasteiger partial charge on any atom is 0.265 e. The topological polar surface area (TPSA) is 57.7 Å². The molecule has 128 valence electrons. The van der Waals surface area contributed by atoms with E-state index >= 15 is 0 Å². The van der Waals surface area contributed by atoms with Crippen molar-refractivity contribution in [2.24, 2.45) is 0 Å². The highest BCUT2D eigenvalue weighted by Crippen LogP contribution is 2.30. The number of sulfonamides is 1. The monoisotopic (exact) mass is 356 g/mol. The Morgan fingerprint density at radius 1 is 1.17 bits per heavy atom. The lowest BCUT2D eigenvalue weighted by Crippen LogP contribution is -2.39. The molecule has 0 atom stereocenters. The normalized spacial score (nSPS) is 20.7. The molecule has 3 rings (SSSR count). The minimum atomic E-state index is -3.54. The summed E-state index contributed by atoms with van der Waals surface area (Å²) in [5, 5.41) is 1.71. The molecule has 0 radical (unpaired) electrons. The van der Waals surface area contributed by atoms with Crippen LogP contribution in [0.4, 0.5) is 0 Å². The van der Waals surface area contributed by atoms with Crippen molar-refractivity contribution >= 4 is 27.3 Å². The van der Waals surface area contributed by atoms with Gasteiger partial charge in [0.15, 0.2) is 0 Å². The Balaban J connectivity index is 1.83. The van der Waals surface area contributed by atoms with E-state index in [1.54, 1.807) is 16.3 Å². The minimum absolute atomic E-state index is 0.148. The van der Waals surface area contributed by atoms with Gasteiger partial charge in [0.2, 0.25) is 10.0 Å². The first-order valence-electron chi connectivity index (χ1n) is 8.36. The van der Waals surface area contributed by atoms with Crippen LogP contribution >= 0.6 is 11.3 Å². The van der Waals surface area contributed by atoms with E-state index in [1.165, 1.54) is 22.1 Å². The Bertz CT molecular complexity index is 657. The van der Waals surface area contributed by atoms with Crippen LogP contribution in [0.5, 0.6) is 0 Å². The Kier molecular flexibility index (Phi) is 5.08. The predicted octanol–water partition coefficient (Wildman–Crippen LogP) is 2.94. The zero-order valence-corrected chi connectivity index (χ0v) is 15.2. The van der Waals surface area contributed by atoms with Crippen LogP contribution in [0.2, 0.25) is 0 Å². The smallest absolute Gasteiger partial charge is 0.265 e. The number of nitrogens with zero attached hydrogens (tertiary/aromatic N) is 2. The largest absolute Gasteiger partial charge is 0.338 e. The average molecular weight is 357 g/mol. The standard InChI is InChI=1S/C16H24N2O3S2/c1-17(13-7-3-2-4-8-13)16(19)15-14(9-12-22-15)23(20,21)18-10-5-6-11-18/h9,12-13H,2-8,10-11H2,1H3. The molecule has 1 saturated heterocycles. The van der Waals surface area contributed by atoms with Crippen LogP contribution in [0.15, 0.2) is 16.3 Å². The molecule has 0 unspecified atom stereocenters. The van der Waals surface area contributed by atoms with Crippen LogP contribution in [0, 0.1) is 0 Å². The van der Waals surface area contributed by atoms with Gasteiger partial charge in [-0.05, 0) is 37.1 Å². The number of rotatable bonds is 4. The number of carbonyl (C=O) groups is 1. The van der Waals surface area contributed by atoms with E-state index < -0.39 is 10.0 Å². The molecule has 1 aromatic heterocycles. The molecule has 1 aliphatic carbocycles. The fraction of sp³-hybridized carbons (Fsp3) is 0.688. The van der Waals surface area contributed by atoms with Gasteiger partial charge in [-0.15, -0.1) is 11.3 Å². The molecule has 5 nitrogen and oxygen atoms in total. The summed E-state index contributed by atoms with van der Waals surface area (Å²) in [6.07, 6.45) is 7.34. The van der Waals surface area contributed by atoms with Gasteiger partial charge < -0.3 is 4.90 Å². The lowest BCUT2D eigenvalue weighted by Gasteiger charge is -2.31. The summed E-state index contributed by atoms with van der Waals surface area (Å²) in [7, 11) is -1.73. The van der Waals surface area contributed by atoms with Gasteiger partial charge in [-0.2, -0.15) is 4.31 Å². The van der Waals surface area contributed by atoms with Crippen molar-refractivity contribution in [3.05, 3.63) is 16.3 Å². The van der Waals surface area contributed by atoms with Crippen molar-refractivity contribution in [1.29, 1.82) is 0 Å². The molecule has 1 aliphatic heterocycles. The van der Waals surface area contributed by atoms with Crippen molar-refractivity contribution < 1.29 is 13.2 Å². The molecule has 1 amide bonds. The van der Waals surface area contributed by atoms with Crippen LogP contribution in [0.1, 0.15) is 54.6 Å². The first kappa shape index (κ1) is 16.9. The number of hydrogen-bond acceptors (Lipinski definition) is 4. The quantitative estimate of drug-likeness (QED) is 0.833. The second kappa shape index (κ2) is 6.91. The van der Waals surface area contributed by atoms with Gasteiger partial charge in [-0.1, -0.05) is 19.3 Å². The average Bonchev–Trinajstić information content (AvgIpc) is 3.25. The molecule has 7 heteroatoms. The molecular weight excluding hydrogens is 332 g/mol. The molecule has 1 saturated carbocycles. The highest BCUT2D eigenvalue weighted by molar-refractivity contribution is 7.89. The summed E-state index contributed by atoms with van der Waals surface area (Å²) in [6.45, 7) is 1.12. The summed E-state index contributed by atoms with van der Waals surface area (Å²) in [6, 6.07) is 1.82. The van der Waals surface area contributed by atoms with Crippen LogP contribution in [-0.4, -0.2) is 49.7 Å². The van der Waals surface area contributed by atoms with Gasteiger partial charge in [-0.3, -0.25) is 4.79 Å². The zero-order valence-electron chi connectivity index (χ0n) is 13.5. The van der Waals surface area contributed by atoms with Crippen molar-refractivity contribution in [2.45, 2.75) is 55.9 Å². The van der Waals surface area contributed by atoms with E-state index in [0.29, 0.717) is 18.0 Å². The molecule has 2 heterocycles. The van der Waals surface area contributed by atoms with Crippen LogP contribution in [0.25, 0.3) is 0 Å². The second-order valence-electron chi connectivity index (χ2n) is 6.43. The molecule has 0 bridgehead atoms. The molecule has 23 heavy (non-hydrogen) atoms. The Hall–Kier alpha value is -0.920. The summed E-state index contributed by atoms with van der Waals surface area (Å²) in [5.74, 6) is -0.148. The Labute approximate surface area is 142 Å². The predicted molar refractivity (Wildman–Crippen MR) is 91.3 cm³/mol. The van der Waals surface area contributed by atoms with E-state index in [1.807, 2.05) is 7.05 Å². The first-order valence-corrected chi connectivity index (χ1v) is 10.7. The summed E-state index contributed by atoms with van der Waals surface area (Å²) >= 11 is 1.24. The van der Waals surface area contributed by atoms with Gasteiger partial charge >= 0.3 is 0 Å².